The van der Waals surface area contributed by atoms with Crippen LogP contribution >= 0.6 is 0 Å². The van der Waals surface area contributed by atoms with E-state index in [1.807, 2.05) is 27.7 Å². The van der Waals surface area contributed by atoms with Crippen LogP contribution in [0, 0.1) is 12.8 Å². The van der Waals surface area contributed by atoms with Crippen molar-refractivity contribution in [1.29, 1.82) is 0 Å². The molecular weight excluding hydrogens is 282 g/mol. The van der Waals surface area contributed by atoms with Crippen LogP contribution in [0.4, 0.5) is 4.79 Å². The van der Waals surface area contributed by atoms with E-state index in [9.17, 15) is 4.79 Å². The summed E-state index contributed by atoms with van der Waals surface area (Å²) in [7, 11) is 0. The van der Waals surface area contributed by atoms with E-state index >= 15 is 0 Å². The van der Waals surface area contributed by atoms with Crippen LogP contribution in [-0.4, -0.2) is 46.3 Å². The fraction of sp³-hybridized carbons (Fsp3) is 0.688. The Labute approximate surface area is 131 Å². The molecule has 1 fully saturated rings. The van der Waals surface area contributed by atoms with Crippen LogP contribution in [0.5, 0.6) is 5.88 Å². The first-order valence-electron chi connectivity index (χ1n) is 7.73. The maximum atomic E-state index is 12.1. The summed E-state index contributed by atoms with van der Waals surface area (Å²) in [6.07, 6.45) is 5.03. The minimum Gasteiger partial charge on any atom is -0.476 e. The number of rotatable bonds is 3. The molecule has 6 nitrogen and oxygen atoms in total. The summed E-state index contributed by atoms with van der Waals surface area (Å²) in [4.78, 5) is 22.2. The van der Waals surface area contributed by atoms with Crippen molar-refractivity contribution >= 4 is 6.09 Å². The summed E-state index contributed by atoms with van der Waals surface area (Å²) >= 11 is 0. The van der Waals surface area contributed by atoms with Gasteiger partial charge in [-0.1, -0.05) is 0 Å². The van der Waals surface area contributed by atoms with Crippen LogP contribution in [0.1, 0.15) is 39.3 Å². The molecule has 122 valence electrons. The second-order valence-electron chi connectivity index (χ2n) is 6.69. The smallest absolute Gasteiger partial charge is 0.410 e. The van der Waals surface area contributed by atoms with Crippen molar-refractivity contribution in [2.24, 2.45) is 5.92 Å². The van der Waals surface area contributed by atoms with Crippen molar-refractivity contribution in [2.75, 3.05) is 19.7 Å². The molecule has 1 aromatic rings. The van der Waals surface area contributed by atoms with Gasteiger partial charge in [0.05, 0.1) is 12.3 Å². The molecule has 6 heteroatoms. The molecule has 0 radical (unpaired) electrons. The number of ether oxygens (including phenoxy) is 2. The minimum absolute atomic E-state index is 0.243. The zero-order valence-electron chi connectivity index (χ0n) is 13.8. The summed E-state index contributed by atoms with van der Waals surface area (Å²) in [6.45, 7) is 9.46. The minimum atomic E-state index is -0.461. The first-order valence-corrected chi connectivity index (χ1v) is 7.73. The summed E-state index contributed by atoms with van der Waals surface area (Å²) < 4.78 is 11.2. The zero-order valence-corrected chi connectivity index (χ0v) is 13.8. The highest BCUT2D eigenvalue weighted by Crippen LogP contribution is 2.20. The number of carbonyl (C=O) groups excluding carboxylic acids is 1. The van der Waals surface area contributed by atoms with Crippen molar-refractivity contribution in [3.05, 3.63) is 18.1 Å². The number of carbonyl (C=O) groups is 1. The Balaban J connectivity index is 1.86. The number of likely N-dealkylation sites (tertiary alicyclic amines) is 1. The lowest BCUT2D eigenvalue weighted by Crippen LogP contribution is -2.44. The molecule has 1 amide bonds. The van der Waals surface area contributed by atoms with E-state index in [-0.39, 0.29) is 6.09 Å². The topological polar surface area (TPSA) is 64.6 Å². The Morgan fingerprint density at radius 2 is 2.09 bits per heavy atom. The van der Waals surface area contributed by atoms with Crippen molar-refractivity contribution in [2.45, 2.75) is 46.1 Å². The van der Waals surface area contributed by atoms with E-state index in [0.29, 0.717) is 24.9 Å². The van der Waals surface area contributed by atoms with Gasteiger partial charge in [-0.05, 0) is 40.5 Å². The third-order valence-electron chi connectivity index (χ3n) is 3.46. The van der Waals surface area contributed by atoms with Crippen LogP contribution in [0.2, 0.25) is 0 Å². The highest BCUT2D eigenvalue weighted by Gasteiger charge is 2.28. The molecule has 1 aliphatic rings. The first-order chi connectivity index (χ1) is 10.3. The van der Waals surface area contributed by atoms with Gasteiger partial charge >= 0.3 is 6.09 Å². The van der Waals surface area contributed by atoms with Gasteiger partial charge < -0.3 is 14.4 Å². The molecule has 0 aromatic carbocycles. The lowest BCUT2D eigenvalue weighted by molar-refractivity contribution is 0.0138. The van der Waals surface area contributed by atoms with E-state index in [1.165, 1.54) is 0 Å². The SMILES string of the molecule is Cc1nccnc1OCC1CCCN(C(=O)OC(C)(C)C)C1. The van der Waals surface area contributed by atoms with Crippen molar-refractivity contribution in [1.82, 2.24) is 14.9 Å². The zero-order chi connectivity index (χ0) is 16.2. The average molecular weight is 307 g/mol. The maximum absolute atomic E-state index is 12.1. The number of hydrogen-bond acceptors (Lipinski definition) is 5. The largest absolute Gasteiger partial charge is 0.476 e. The number of amides is 1. The fourth-order valence-electron chi connectivity index (χ4n) is 2.43. The summed E-state index contributed by atoms with van der Waals surface area (Å²) in [6, 6.07) is 0. The highest BCUT2D eigenvalue weighted by atomic mass is 16.6. The standard InChI is InChI=1S/C16H25N3O3/c1-12-14(18-8-7-17-12)21-11-13-6-5-9-19(10-13)15(20)22-16(2,3)4/h7-8,13H,5-6,9-11H2,1-4H3. The molecule has 0 aliphatic carbocycles. The molecular formula is C16H25N3O3. The van der Waals surface area contributed by atoms with E-state index in [1.54, 1.807) is 17.3 Å². The second-order valence-corrected chi connectivity index (χ2v) is 6.69. The second kappa shape index (κ2) is 6.94. The van der Waals surface area contributed by atoms with Crippen molar-refractivity contribution in [3.63, 3.8) is 0 Å². The van der Waals surface area contributed by atoms with Crippen molar-refractivity contribution in [3.8, 4) is 5.88 Å². The normalized spacial score (nSPS) is 18.9. The molecule has 0 spiro atoms. The van der Waals surface area contributed by atoms with Crippen LogP contribution in [0.3, 0.4) is 0 Å². The van der Waals surface area contributed by atoms with Gasteiger partial charge in [0.15, 0.2) is 0 Å². The van der Waals surface area contributed by atoms with Crippen LogP contribution < -0.4 is 4.74 Å². The van der Waals surface area contributed by atoms with Crippen molar-refractivity contribution < 1.29 is 14.3 Å². The maximum Gasteiger partial charge on any atom is 0.410 e. The Hall–Kier alpha value is -1.85. The molecule has 1 aromatic heterocycles. The average Bonchev–Trinajstić information content (AvgIpc) is 2.45. The van der Waals surface area contributed by atoms with E-state index in [2.05, 4.69) is 9.97 Å². The Morgan fingerprint density at radius 1 is 1.36 bits per heavy atom. The number of aromatic nitrogens is 2. The third kappa shape index (κ3) is 4.86. The molecule has 1 unspecified atom stereocenters. The third-order valence-corrected chi connectivity index (χ3v) is 3.46. The van der Waals surface area contributed by atoms with Gasteiger partial charge in [0.1, 0.15) is 5.60 Å². The summed E-state index contributed by atoms with van der Waals surface area (Å²) in [5.41, 5.74) is 0.319. The molecule has 2 heterocycles. The van der Waals surface area contributed by atoms with E-state index in [4.69, 9.17) is 9.47 Å². The quantitative estimate of drug-likeness (QED) is 0.859. The van der Waals surface area contributed by atoms with Gasteiger partial charge in [-0.25, -0.2) is 9.78 Å². The summed E-state index contributed by atoms with van der Waals surface area (Å²) in [5.74, 6) is 0.861. The number of nitrogens with zero attached hydrogens (tertiary/aromatic N) is 3. The van der Waals surface area contributed by atoms with Crippen LogP contribution in [-0.2, 0) is 4.74 Å². The lowest BCUT2D eigenvalue weighted by atomic mass is 9.99. The van der Waals surface area contributed by atoms with Crippen LogP contribution in [0.15, 0.2) is 12.4 Å². The van der Waals surface area contributed by atoms with E-state index < -0.39 is 5.60 Å². The predicted molar refractivity (Wildman–Crippen MR) is 82.8 cm³/mol. The number of aryl methyl sites for hydroxylation is 1. The number of hydrogen-bond donors (Lipinski definition) is 0. The molecule has 22 heavy (non-hydrogen) atoms. The Bertz CT molecular complexity index is 514. The van der Waals surface area contributed by atoms with Gasteiger partial charge in [0.25, 0.3) is 0 Å². The van der Waals surface area contributed by atoms with Crippen LogP contribution in [0.25, 0.3) is 0 Å². The molecule has 0 bridgehead atoms. The number of piperidine rings is 1. The highest BCUT2D eigenvalue weighted by molar-refractivity contribution is 5.68. The van der Waals surface area contributed by atoms with Gasteiger partial charge in [-0.3, -0.25) is 4.98 Å². The predicted octanol–water partition coefficient (Wildman–Crippen LogP) is 2.81. The molecule has 0 saturated carbocycles. The monoisotopic (exact) mass is 307 g/mol. The Morgan fingerprint density at radius 3 is 2.77 bits per heavy atom. The summed E-state index contributed by atoms with van der Waals surface area (Å²) in [5, 5.41) is 0. The van der Waals surface area contributed by atoms with Gasteiger partial charge in [0, 0.05) is 31.4 Å². The molecule has 2 rings (SSSR count). The lowest BCUT2D eigenvalue weighted by Gasteiger charge is -2.33. The fourth-order valence-corrected chi connectivity index (χ4v) is 2.43. The molecule has 1 atom stereocenters. The van der Waals surface area contributed by atoms with Gasteiger partial charge in [0.2, 0.25) is 5.88 Å². The molecule has 1 saturated heterocycles. The van der Waals surface area contributed by atoms with E-state index in [0.717, 1.165) is 25.1 Å². The first kappa shape index (κ1) is 16.5. The molecule has 1 aliphatic heterocycles. The van der Waals surface area contributed by atoms with Gasteiger partial charge in [-0.2, -0.15) is 0 Å². The van der Waals surface area contributed by atoms with Gasteiger partial charge in [-0.15, -0.1) is 0 Å². The molecule has 0 N–H and O–H groups in total. The Kier molecular flexibility index (Phi) is 5.21.